The van der Waals surface area contributed by atoms with E-state index in [0.29, 0.717) is 22.8 Å². The summed E-state index contributed by atoms with van der Waals surface area (Å²) in [6, 6.07) is 13.0. The Morgan fingerprint density at radius 3 is 2.37 bits per heavy atom. The smallest absolute Gasteiger partial charge is 0.238 e. The fourth-order valence-corrected chi connectivity index (χ4v) is 4.08. The van der Waals surface area contributed by atoms with Gasteiger partial charge in [0.2, 0.25) is 15.7 Å². The number of anilines is 1. The molecule has 0 saturated heterocycles. The SMILES string of the molecule is CCCCCC(O)C1(O)CN(c2ccc(Cl)cc2)C(c2ccc(S(N)(=O)=O)cc2)=N1. The van der Waals surface area contributed by atoms with E-state index in [1.54, 1.807) is 41.3 Å². The summed E-state index contributed by atoms with van der Waals surface area (Å²) >= 11 is 6.00. The zero-order valence-electron chi connectivity index (χ0n) is 16.7. The number of halogens is 1. The molecular weight excluding hydrogens is 426 g/mol. The van der Waals surface area contributed by atoms with Gasteiger partial charge in [0.25, 0.3) is 0 Å². The van der Waals surface area contributed by atoms with E-state index < -0.39 is 21.9 Å². The molecule has 0 bridgehead atoms. The van der Waals surface area contributed by atoms with Crippen LogP contribution in [0.5, 0.6) is 0 Å². The van der Waals surface area contributed by atoms with E-state index in [9.17, 15) is 18.6 Å². The van der Waals surface area contributed by atoms with Gasteiger partial charge in [-0.25, -0.2) is 18.5 Å². The predicted molar refractivity (Wildman–Crippen MR) is 118 cm³/mol. The van der Waals surface area contributed by atoms with Crippen LogP contribution < -0.4 is 10.0 Å². The third-order valence-corrected chi connectivity index (χ3v) is 6.32. The summed E-state index contributed by atoms with van der Waals surface area (Å²) in [5, 5.41) is 27.6. The maximum atomic E-state index is 11.6. The molecule has 1 heterocycles. The number of benzene rings is 2. The van der Waals surface area contributed by atoms with Crippen LogP contribution in [0.4, 0.5) is 5.69 Å². The molecule has 2 atom stereocenters. The Bertz CT molecular complexity index is 1010. The molecular formula is C21H26ClN3O4S. The number of nitrogens with two attached hydrogens (primary N) is 1. The first-order valence-corrected chi connectivity index (χ1v) is 11.7. The molecule has 2 aromatic rings. The van der Waals surface area contributed by atoms with Gasteiger partial charge in [-0.3, -0.25) is 0 Å². The molecule has 0 saturated carbocycles. The van der Waals surface area contributed by atoms with E-state index in [1.165, 1.54) is 12.1 Å². The van der Waals surface area contributed by atoms with Gasteiger partial charge >= 0.3 is 0 Å². The average molecular weight is 452 g/mol. The second kappa shape index (κ2) is 9.03. The van der Waals surface area contributed by atoms with Crippen molar-refractivity contribution in [3.05, 3.63) is 59.1 Å². The number of primary sulfonamides is 1. The summed E-state index contributed by atoms with van der Waals surface area (Å²) in [5.74, 6) is 0.426. The number of hydrogen-bond acceptors (Lipinski definition) is 6. The third-order valence-electron chi connectivity index (χ3n) is 5.14. The molecule has 1 aliphatic heterocycles. The number of hydrogen-bond donors (Lipinski definition) is 3. The Kier molecular flexibility index (Phi) is 6.84. The lowest BCUT2D eigenvalue weighted by atomic mass is 10.0. The fourth-order valence-electron chi connectivity index (χ4n) is 3.43. The first kappa shape index (κ1) is 22.7. The quantitative estimate of drug-likeness (QED) is 0.533. The van der Waals surface area contributed by atoms with E-state index in [-0.39, 0.29) is 11.4 Å². The number of β-amino-alcohol motifs (C(OH)–C–C–N with tert-alkyl or cyclic N) is 1. The highest BCUT2D eigenvalue weighted by Gasteiger charge is 2.44. The first-order valence-electron chi connectivity index (χ1n) is 9.80. The summed E-state index contributed by atoms with van der Waals surface area (Å²) < 4.78 is 23.1. The van der Waals surface area contributed by atoms with Crippen LogP contribution in [0.25, 0.3) is 0 Å². The highest BCUT2D eigenvalue weighted by Crippen LogP contribution is 2.32. The molecule has 0 aliphatic carbocycles. The second-order valence-electron chi connectivity index (χ2n) is 7.46. The molecule has 9 heteroatoms. The van der Waals surface area contributed by atoms with Gasteiger partial charge < -0.3 is 15.1 Å². The molecule has 30 heavy (non-hydrogen) atoms. The van der Waals surface area contributed by atoms with Crippen molar-refractivity contribution < 1.29 is 18.6 Å². The number of nitrogens with zero attached hydrogens (tertiary/aromatic N) is 2. The monoisotopic (exact) mass is 451 g/mol. The van der Waals surface area contributed by atoms with Gasteiger partial charge in [0.1, 0.15) is 11.9 Å². The van der Waals surface area contributed by atoms with Crippen molar-refractivity contribution in [1.29, 1.82) is 0 Å². The van der Waals surface area contributed by atoms with Gasteiger partial charge in [0.15, 0.2) is 0 Å². The number of unbranched alkanes of at least 4 members (excludes halogenated alkanes) is 2. The maximum Gasteiger partial charge on any atom is 0.238 e. The maximum absolute atomic E-state index is 11.6. The molecule has 0 aromatic heterocycles. The van der Waals surface area contributed by atoms with Gasteiger partial charge in [-0.05, 0) is 55.0 Å². The van der Waals surface area contributed by atoms with Crippen LogP contribution >= 0.6 is 11.6 Å². The minimum Gasteiger partial charge on any atom is -0.388 e. The average Bonchev–Trinajstić information content (AvgIpc) is 3.07. The number of amidine groups is 1. The van der Waals surface area contributed by atoms with Crippen LogP contribution in [0, 0.1) is 0 Å². The highest BCUT2D eigenvalue weighted by atomic mass is 35.5. The van der Waals surface area contributed by atoms with Crippen molar-refractivity contribution in [3.63, 3.8) is 0 Å². The zero-order valence-corrected chi connectivity index (χ0v) is 18.3. The van der Waals surface area contributed by atoms with E-state index in [2.05, 4.69) is 11.9 Å². The molecule has 0 amide bonds. The van der Waals surface area contributed by atoms with Crippen LogP contribution in [-0.4, -0.2) is 42.8 Å². The summed E-state index contributed by atoms with van der Waals surface area (Å²) in [6.07, 6.45) is 2.15. The largest absolute Gasteiger partial charge is 0.388 e. The summed E-state index contributed by atoms with van der Waals surface area (Å²) in [4.78, 5) is 6.24. The standard InChI is InChI=1S/C21H26ClN3O4S/c1-2-3-4-5-19(26)21(27)14-25(17-10-8-16(22)9-11-17)20(24-21)15-6-12-18(13-7-15)30(23,28)29/h6-13,19,26-27H,2-5,14H2,1H3,(H2,23,28,29). The summed E-state index contributed by atoms with van der Waals surface area (Å²) in [5.41, 5.74) is -0.346. The van der Waals surface area contributed by atoms with Crippen LogP contribution in [0.2, 0.25) is 5.02 Å². The topological polar surface area (TPSA) is 116 Å². The van der Waals surface area contributed by atoms with Gasteiger partial charge in [0, 0.05) is 16.3 Å². The van der Waals surface area contributed by atoms with Gasteiger partial charge in [-0.2, -0.15) is 0 Å². The number of aliphatic hydroxyl groups excluding tert-OH is 1. The lowest BCUT2D eigenvalue weighted by Crippen LogP contribution is -2.45. The fraction of sp³-hybridized carbons (Fsp3) is 0.381. The van der Waals surface area contributed by atoms with Crippen LogP contribution in [0.15, 0.2) is 58.4 Å². The molecule has 2 aromatic carbocycles. The van der Waals surface area contributed by atoms with Gasteiger partial charge in [0.05, 0.1) is 11.4 Å². The summed E-state index contributed by atoms with van der Waals surface area (Å²) in [6.45, 7) is 2.13. The molecule has 7 nitrogen and oxygen atoms in total. The number of rotatable bonds is 8. The molecule has 3 rings (SSSR count). The van der Waals surface area contributed by atoms with Crippen LogP contribution in [0.3, 0.4) is 0 Å². The lowest BCUT2D eigenvalue weighted by Gasteiger charge is -2.28. The highest BCUT2D eigenvalue weighted by molar-refractivity contribution is 7.89. The molecule has 4 N–H and O–H groups in total. The molecule has 1 aliphatic rings. The molecule has 0 radical (unpaired) electrons. The summed E-state index contributed by atoms with van der Waals surface area (Å²) in [7, 11) is -3.82. The Hall–Kier alpha value is -1.97. The van der Waals surface area contributed by atoms with Crippen molar-refractivity contribution in [1.82, 2.24) is 0 Å². The predicted octanol–water partition coefficient (Wildman–Crippen LogP) is 2.88. The molecule has 0 spiro atoms. The van der Waals surface area contributed by atoms with E-state index >= 15 is 0 Å². The van der Waals surface area contributed by atoms with Gasteiger partial charge in [-0.1, -0.05) is 37.8 Å². The molecule has 0 fully saturated rings. The third kappa shape index (κ3) is 5.01. The minimum absolute atomic E-state index is 0.0160. The van der Waals surface area contributed by atoms with Crippen LogP contribution in [0.1, 0.15) is 38.2 Å². The normalized spacial score (nSPS) is 20.3. The zero-order chi connectivity index (χ0) is 21.9. The van der Waals surface area contributed by atoms with Crippen molar-refractivity contribution >= 4 is 33.1 Å². The number of aliphatic hydroxyl groups is 2. The van der Waals surface area contributed by atoms with E-state index in [4.69, 9.17) is 16.7 Å². The van der Waals surface area contributed by atoms with Crippen molar-refractivity contribution in [2.45, 2.75) is 49.3 Å². The molecule has 162 valence electrons. The van der Waals surface area contributed by atoms with Crippen molar-refractivity contribution in [2.24, 2.45) is 10.1 Å². The van der Waals surface area contributed by atoms with E-state index in [1.807, 2.05) is 0 Å². The number of aliphatic imine (C=N–C) groups is 1. The molecule has 2 unspecified atom stereocenters. The second-order valence-corrected chi connectivity index (χ2v) is 9.46. The number of sulfonamides is 1. The van der Waals surface area contributed by atoms with Crippen molar-refractivity contribution in [2.75, 3.05) is 11.4 Å². The van der Waals surface area contributed by atoms with Crippen LogP contribution in [-0.2, 0) is 10.0 Å². The lowest BCUT2D eigenvalue weighted by molar-refractivity contribution is -0.0604. The first-order chi connectivity index (χ1) is 14.1. The van der Waals surface area contributed by atoms with E-state index in [0.717, 1.165) is 24.9 Å². The Morgan fingerprint density at radius 1 is 1.17 bits per heavy atom. The van der Waals surface area contributed by atoms with Crippen molar-refractivity contribution in [3.8, 4) is 0 Å². The Morgan fingerprint density at radius 2 is 1.80 bits per heavy atom. The Balaban J connectivity index is 1.98. The Labute approximate surface area is 181 Å². The minimum atomic E-state index is -3.82. The van der Waals surface area contributed by atoms with Gasteiger partial charge in [-0.15, -0.1) is 0 Å².